The Labute approximate surface area is 131 Å². The lowest BCUT2D eigenvalue weighted by molar-refractivity contribution is -0.142. The van der Waals surface area contributed by atoms with Crippen molar-refractivity contribution < 1.29 is 14.6 Å². The second-order valence-corrected chi connectivity index (χ2v) is 5.71. The van der Waals surface area contributed by atoms with Crippen LogP contribution in [0.1, 0.15) is 12.5 Å². The van der Waals surface area contributed by atoms with E-state index < -0.39 is 11.5 Å². The number of rotatable bonds is 5. The number of carboxylic acid groups (broad SMARTS) is 1. The van der Waals surface area contributed by atoms with Crippen LogP contribution in [-0.2, 0) is 10.3 Å². The van der Waals surface area contributed by atoms with Gasteiger partial charge < -0.3 is 15.2 Å². The molecule has 4 nitrogen and oxygen atoms in total. The number of ether oxygens (including phenoxy) is 1. The van der Waals surface area contributed by atoms with Gasteiger partial charge in [0.2, 0.25) is 0 Å². The molecule has 0 aliphatic heterocycles. The Morgan fingerprint density at radius 2 is 1.95 bits per heavy atom. The fraction of sp³-hybridized carbons (Fsp3) is 0.188. The van der Waals surface area contributed by atoms with E-state index in [1.54, 1.807) is 32.2 Å². The van der Waals surface area contributed by atoms with E-state index in [-0.39, 0.29) is 0 Å². The molecule has 5 heteroatoms. The summed E-state index contributed by atoms with van der Waals surface area (Å²) < 4.78 is 5.99. The highest BCUT2D eigenvalue weighted by Crippen LogP contribution is 2.29. The van der Waals surface area contributed by atoms with Crippen molar-refractivity contribution in [2.75, 3.05) is 12.4 Å². The van der Waals surface area contributed by atoms with Gasteiger partial charge in [0.05, 0.1) is 7.11 Å². The van der Waals surface area contributed by atoms with Crippen LogP contribution < -0.4 is 10.1 Å². The number of methoxy groups -OCH3 is 1. The molecule has 0 saturated carbocycles. The molecular formula is C16H16BrNO3. The number of benzene rings is 2. The van der Waals surface area contributed by atoms with Crippen molar-refractivity contribution in [3.63, 3.8) is 0 Å². The Morgan fingerprint density at radius 1 is 1.24 bits per heavy atom. The maximum absolute atomic E-state index is 11.8. The molecule has 1 atom stereocenters. The molecule has 2 aromatic carbocycles. The van der Waals surface area contributed by atoms with Crippen molar-refractivity contribution in [2.24, 2.45) is 0 Å². The van der Waals surface area contributed by atoms with E-state index in [9.17, 15) is 9.90 Å². The van der Waals surface area contributed by atoms with Crippen molar-refractivity contribution in [1.29, 1.82) is 0 Å². The number of nitrogens with one attached hydrogen (secondary N) is 1. The van der Waals surface area contributed by atoms with E-state index in [4.69, 9.17) is 4.74 Å². The average molecular weight is 350 g/mol. The second kappa shape index (κ2) is 6.18. The Hall–Kier alpha value is -2.01. The first kappa shape index (κ1) is 15.4. The zero-order chi connectivity index (χ0) is 15.5. The third-order valence-corrected chi connectivity index (χ3v) is 3.79. The highest BCUT2D eigenvalue weighted by molar-refractivity contribution is 9.10. The van der Waals surface area contributed by atoms with Gasteiger partial charge in [-0.3, -0.25) is 0 Å². The van der Waals surface area contributed by atoms with Crippen molar-refractivity contribution >= 4 is 27.6 Å². The highest BCUT2D eigenvalue weighted by Gasteiger charge is 2.35. The summed E-state index contributed by atoms with van der Waals surface area (Å²) in [7, 11) is 1.57. The van der Waals surface area contributed by atoms with Crippen LogP contribution in [0.3, 0.4) is 0 Å². The maximum Gasteiger partial charge on any atom is 0.333 e. The van der Waals surface area contributed by atoms with Gasteiger partial charge in [-0.25, -0.2) is 4.79 Å². The van der Waals surface area contributed by atoms with Gasteiger partial charge in [-0.05, 0) is 36.8 Å². The summed E-state index contributed by atoms with van der Waals surface area (Å²) >= 11 is 3.37. The first-order valence-corrected chi connectivity index (χ1v) is 7.16. The summed E-state index contributed by atoms with van der Waals surface area (Å²) in [5.74, 6) is -0.287. The minimum absolute atomic E-state index is 0.659. The van der Waals surface area contributed by atoms with E-state index in [1.165, 1.54) is 0 Å². The van der Waals surface area contributed by atoms with Crippen LogP contribution in [0.5, 0.6) is 5.75 Å². The van der Waals surface area contributed by atoms with E-state index in [1.807, 2.05) is 30.3 Å². The van der Waals surface area contributed by atoms with Crippen LogP contribution in [0.4, 0.5) is 5.69 Å². The van der Waals surface area contributed by atoms with Crippen LogP contribution in [0, 0.1) is 0 Å². The normalized spacial score (nSPS) is 13.3. The summed E-state index contributed by atoms with van der Waals surface area (Å²) in [4.78, 5) is 11.8. The Balaban J connectivity index is 2.40. The molecule has 0 aromatic heterocycles. The Morgan fingerprint density at radius 3 is 2.57 bits per heavy atom. The summed E-state index contributed by atoms with van der Waals surface area (Å²) in [6.07, 6.45) is 0. The average Bonchev–Trinajstić information content (AvgIpc) is 2.47. The van der Waals surface area contributed by atoms with Crippen LogP contribution >= 0.6 is 15.9 Å². The number of aliphatic carboxylic acids is 1. The third-order valence-electron chi connectivity index (χ3n) is 3.29. The molecule has 2 aromatic rings. The number of carboxylic acids is 1. The van der Waals surface area contributed by atoms with Crippen LogP contribution in [-0.4, -0.2) is 18.2 Å². The van der Waals surface area contributed by atoms with E-state index >= 15 is 0 Å². The number of hydrogen-bond acceptors (Lipinski definition) is 3. The minimum Gasteiger partial charge on any atom is -0.497 e. The molecular weight excluding hydrogens is 334 g/mol. The van der Waals surface area contributed by atoms with Gasteiger partial charge in [0.1, 0.15) is 5.75 Å². The standard InChI is InChI=1S/C16H16BrNO3/c1-16(15(19)20,11-5-3-6-12(17)9-11)18-13-7-4-8-14(10-13)21-2/h3-10,18H,1-2H3,(H,19,20). The molecule has 0 heterocycles. The number of hydrogen-bond donors (Lipinski definition) is 2. The predicted octanol–water partition coefficient (Wildman–Crippen LogP) is 3.87. The molecule has 0 aliphatic rings. The van der Waals surface area contributed by atoms with Crippen molar-refractivity contribution in [2.45, 2.75) is 12.5 Å². The third kappa shape index (κ3) is 3.36. The van der Waals surface area contributed by atoms with Crippen molar-refractivity contribution in [3.05, 3.63) is 58.6 Å². The number of anilines is 1. The Bertz CT molecular complexity index is 659. The lowest BCUT2D eigenvalue weighted by Gasteiger charge is -2.28. The van der Waals surface area contributed by atoms with Gasteiger partial charge >= 0.3 is 5.97 Å². The molecule has 21 heavy (non-hydrogen) atoms. The van der Waals surface area contributed by atoms with Gasteiger partial charge in [0.15, 0.2) is 5.54 Å². The quantitative estimate of drug-likeness (QED) is 0.860. The fourth-order valence-electron chi connectivity index (χ4n) is 2.04. The molecule has 0 fully saturated rings. The maximum atomic E-state index is 11.8. The zero-order valence-corrected chi connectivity index (χ0v) is 13.3. The number of halogens is 1. The SMILES string of the molecule is COc1cccc(NC(C)(C(=O)O)c2cccc(Br)c2)c1. The van der Waals surface area contributed by atoms with Gasteiger partial charge in [-0.1, -0.05) is 34.1 Å². The molecule has 2 rings (SSSR count). The van der Waals surface area contributed by atoms with Crippen molar-refractivity contribution in [3.8, 4) is 5.75 Å². The molecule has 2 N–H and O–H groups in total. The minimum atomic E-state index is -1.24. The smallest absolute Gasteiger partial charge is 0.333 e. The largest absolute Gasteiger partial charge is 0.497 e. The molecule has 0 spiro atoms. The molecule has 110 valence electrons. The van der Waals surface area contributed by atoms with E-state index in [0.29, 0.717) is 17.0 Å². The molecule has 1 unspecified atom stereocenters. The molecule has 0 amide bonds. The van der Waals surface area contributed by atoms with Gasteiger partial charge in [0, 0.05) is 16.2 Å². The molecule has 0 saturated heterocycles. The highest BCUT2D eigenvalue weighted by atomic mass is 79.9. The monoisotopic (exact) mass is 349 g/mol. The predicted molar refractivity (Wildman–Crippen MR) is 85.7 cm³/mol. The lowest BCUT2D eigenvalue weighted by Crippen LogP contribution is -2.40. The zero-order valence-electron chi connectivity index (χ0n) is 11.8. The van der Waals surface area contributed by atoms with Crippen molar-refractivity contribution in [1.82, 2.24) is 0 Å². The summed E-state index contributed by atoms with van der Waals surface area (Å²) in [5.41, 5.74) is 0.0993. The molecule has 0 bridgehead atoms. The fourth-order valence-corrected chi connectivity index (χ4v) is 2.44. The lowest BCUT2D eigenvalue weighted by atomic mass is 9.91. The van der Waals surface area contributed by atoms with E-state index in [0.717, 1.165) is 4.47 Å². The summed E-state index contributed by atoms with van der Waals surface area (Å²) in [6.45, 7) is 1.64. The second-order valence-electron chi connectivity index (χ2n) is 4.80. The topological polar surface area (TPSA) is 58.6 Å². The van der Waals surface area contributed by atoms with Gasteiger partial charge in [0.25, 0.3) is 0 Å². The van der Waals surface area contributed by atoms with Gasteiger partial charge in [-0.2, -0.15) is 0 Å². The van der Waals surface area contributed by atoms with Gasteiger partial charge in [-0.15, -0.1) is 0 Å². The first-order chi connectivity index (χ1) is 9.95. The molecule has 0 radical (unpaired) electrons. The van der Waals surface area contributed by atoms with Crippen LogP contribution in [0.2, 0.25) is 0 Å². The first-order valence-electron chi connectivity index (χ1n) is 6.37. The van der Waals surface area contributed by atoms with Crippen LogP contribution in [0.25, 0.3) is 0 Å². The van der Waals surface area contributed by atoms with E-state index in [2.05, 4.69) is 21.2 Å². The summed E-state index contributed by atoms with van der Waals surface area (Å²) in [6, 6.07) is 14.4. The molecule has 0 aliphatic carbocycles. The van der Waals surface area contributed by atoms with Crippen LogP contribution in [0.15, 0.2) is 53.0 Å². The summed E-state index contributed by atoms with van der Waals surface area (Å²) in [5, 5.41) is 12.7. The number of carbonyl (C=O) groups is 1. The Kier molecular flexibility index (Phi) is 4.53.